The second-order valence-corrected chi connectivity index (χ2v) is 5.97. The van der Waals surface area contributed by atoms with Gasteiger partial charge in [0.05, 0.1) is 10.6 Å². The Bertz CT molecular complexity index is 505. The number of aromatic nitrogens is 1. The van der Waals surface area contributed by atoms with E-state index >= 15 is 0 Å². The summed E-state index contributed by atoms with van der Waals surface area (Å²) in [5.74, 6) is -0.169. The summed E-state index contributed by atoms with van der Waals surface area (Å²) in [5, 5.41) is 3.64. The van der Waals surface area contributed by atoms with Gasteiger partial charge in [-0.3, -0.25) is 9.69 Å². The van der Waals surface area contributed by atoms with Crippen molar-refractivity contribution in [3.05, 3.63) is 28.0 Å². The predicted octanol–water partition coefficient (Wildman–Crippen LogP) is 2.35. The minimum Gasteiger partial charge on any atom is -0.348 e. The van der Waals surface area contributed by atoms with E-state index in [1.54, 1.807) is 0 Å². The number of nitrogens with one attached hydrogen (secondary N) is 1. The van der Waals surface area contributed by atoms with Crippen LogP contribution in [-0.2, 0) is 0 Å². The van der Waals surface area contributed by atoms with Crippen LogP contribution >= 0.6 is 23.2 Å². The van der Waals surface area contributed by atoms with Gasteiger partial charge in [-0.15, -0.1) is 0 Å². The van der Waals surface area contributed by atoms with E-state index in [-0.39, 0.29) is 17.1 Å². The number of nitrogens with zero attached hydrogens (tertiary/aromatic N) is 2. The maximum Gasteiger partial charge on any atom is 0.253 e. The Labute approximate surface area is 122 Å². The van der Waals surface area contributed by atoms with Crippen LogP contribution in [0, 0.1) is 0 Å². The molecule has 1 saturated heterocycles. The van der Waals surface area contributed by atoms with Gasteiger partial charge in [0.15, 0.2) is 0 Å². The van der Waals surface area contributed by atoms with Crippen molar-refractivity contribution in [2.45, 2.75) is 31.3 Å². The van der Waals surface area contributed by atoms with E-state index in [1.807, 2.05) is 0 Å². The maximum atomic E-state index is 12.2. The molecule has 19 heavy (non-hydrogen) atoms. The highest BCUT2D eigenvalue weighted by Crippen LogP contribution is 2.30. The number of amides is 1. The molecule has 0 aromatic carbocycles. The van der Waals surface area contributed by atoms with Crippen LogP contribution in [0.2, 0.25) is 10.2 Å². The van der Waals surface area contributed by atoms with Gasteiger partial charge in [-0.1, -0.05) is 23.2 Å². The van der Waals surface area contributed by atoms with E-state index in [1.165, 1.54) is 25.1 Å². The molecule has 1 amide bonds. The fourth-order valence-electron chi connectivity index (χ4n) is 2.53. The van der Waals surface area contributed by atoms with Crippen LogP contribution < -0.4 is 5.32 Å². The molecule has 1 N–H and O–H groups in total. The third-order valence-corrected chi connectivity index (χ3v) is 4.19. The molecule has 0 radical (unpaired) electrons. The Kier molecular flexibility index (Phi) is 3.65. The lowest BCUT2D eigenvalue weighted by Crippen LogP contribution is -2.37. The number of likely N-dealkylation sites (tertiary alicyclic amines) is 1. The summed E-state index contributed by atoms with van der Waals surface area (Å²) in [4.78, 5) is 18.5. The summed E-state index contributed by atoms with van der Waals surface area (Å²) < 4.78 is 0. The highest BCUT2D eigenvalue weighted by atomic mass is 35.5. The third-order valence-electron chi connectivity index (χ3n) is 3.68. The monoisotopic (exact) mass is 299 g/mol. The van der Waals surface area contributed by atoms with E-state index in [2.05, 4.69) is 15.2 Å². The first-order valence-electron chi connectivity index (χ1n) is 6.49. The van der Waals surface area contributed by atoms with Crippen molar-refractivity contribution in [3.63, 3.8) is 0 Å². The van der Waals surface area contributed by atoms with Gasteiger partial charge in [0.1, 0.15) is 5.15 Å². The Morgan fingerprint density at radius 1 is 1.37 bits per heavy atom. The Balaban J connectivity index is 1.63. The molecule has 1 aromatic heterocycles. The van der Waals surface area contributed by atoms with Crippen LogP contribution in [0.3, 0.4) is 0 Å². The van der Waals surface area contributed by atoms with Gasteiger partial charge >= 0.3 is 0 Å². The zero-order valence-corrected chi connectivity index (χ0v) is 11.9. The van der Waals surface area contributed by atoms with Crippen LogP contribution in [0.5, 0.6) is 0 Å². The van der Waals surface area contributed by atoms with Gasteiger partial charge in [-0.05, 0) is 25.3 Å². The average Bonchev–Trinajstić information content (AvgIpc) is 3.13. The molecule has 2 aliphatic rings. The number of hydrogen-bond acceptors (Lipinski definition) is 3. The molecule has 1 saturated carbocycles. The number of hydrogen-bond donors (Lipinski definition) is 1. The maximum absolute atomic E-state index is 12.2. The topological polar surface area (TPSA) is 45.2 Å². The number of carbonyl (C=O) groups excluding carboxylic acids is 1. The predicted molar refractivity (Wildman–Crippen MR) is 74.7 cm³/mol. The molecule has 6 heteroatoms. The fourth-order valence-corrected chi connectivity index (χ4v) is 2.87. The van der Waals surface area contributed by atoms with Crippen LogP contribution in [-0.4, -0.2) is 41.0 Å². The van der Waals surface area contributed by atoms with Crippen molar-refractivity contribution in [2.24, 2.45) is 0 Å². The zero-order chi connectivity index (χ0) is 13.4. The quantitative estimate of drug-likeness (QED) is 0.872. The number of pyridine rings is 1. The van der Waals surface area contributed by atoms with Crippen molar-refractivity contribution in [1.29, 1.82) is 0 Å². The second-order valence-electron chi connectivity index (χ2n) is 5.17. The Morgan fingerprint density at radius 2 is 2.16 bits per heavy atom. The first-order valence-corrected chi connectivity index (χ1v) is 7.25. The van der Waals surface area contributed by atoms with Crippen molar-refractivity contribution < 1.29 is 4.79 Å². The highest BCUT2D eigenvalue weighted by Gasteiger charge is 2.34. The highest BCUT2D eigenvalue weighted by molar-refractivity contribution is 6.35. The molecule has 1 aliphatic carbocycles. The first-order chi connectivity index (χ1) is 9.13. The molecule has 1 aliphatic heterocycles. The van der Waals surface area contributed by atoms with E-state index in [0.29, 0.717) is 10.6 Å². The molecular formula is C13H15Cl2N3O. The molecule has 1 aromatic rings. The van der Waals surface area contributed by atoms with Gasteiger partial charge in [0, 0.05) is 31.4 Å². The van der Waals surface area contributed by atoms with Crippen LogP contribution in [0.1, 0.15) is 29.6 Å². The molecular weight excluding hydrogens is 285 g/mol. The first kappa shape index (κ1) is 13.2. The van der Waals surface area contributed by atoms with Crippen LogP contribution in [0.25, 0.3) is 0 Å². The van der Waals surface area contributed by atoms with Crippen LogP contribution in [0.15, 0.2) is 12.3 Å². The van der Waals surface area contributed by atoms with Gasteiger partial charge in [0.25, 0.3) is 5.91 Å². The zero-order valence-electron chi connectivity index (χ0n) is 10.4. The summed E-state index contributed by atoms with van der Waals surface area (Å²) in [6.45, 7) is 2.01. The molecule has 0 bridgehead atoms. The number of halogens is 2. The summed E-state index contributed by atoms with van der Waals surface area (Å²) in [7, 11) is 0. The Morgan fingerprint density at radius 3 is 2.89 bits per heavy atom. The molecule has 1 unspecified atom stereocenters. The average molecular weight is 300 g/mol. The van der Waals surface area contributed by atoms with Crippen molar-refractivity contribution in [1.82, 2.24) is 15.2 Å². The van der Waals surface area contributed by atoms with Gasteiger partial charge in [-0.2, -0.15) is 0 Å². The lowest BCUT2D eigenvalue weighted by Gasteiger charge is -2.16. The number of carbonyl (C=O) groups is 1. The molecule has 3 rings (SSSR count). The van der Waals surface area contributed by atoms with E-state index in [9.17, 15) is 4.79 Å². The van der Waals surface area contributed by atoms with Crippen molar-refractivity contribution in [2.75, 3.05) is 13.1 Å². The standard InChI is InChI=1S/C13H15Cl2N3O/c14-11-6-16-12(15)5-10(11)13(19)17-8-3-4-18(7-8)9-1-2-9/h5-6,8-9H,1-4,7H2,(H,17,19). The molecule has 2 fully saturated rings. The smallest absolute Gasteiger partial charge is 0.253 e. The SMILES string of the molecule is O=C(NC1CCN(C2CC2)C1)c1cc(Cl)ncc1Cl. The van der Waals surface area contributed by atoms with E-state index in [4.69, 9.17) is 23.2 Å². The fraction of sp³-hybridized carbons (Fsp3) is 0.538. The summed E-state index contributed by atoms with van der Waals surface area (Å²) in [5.41, 5.74) is 0.395. The molecule has 102 valence electrons. The van der Waals surface area contributed by atoms with Crippen molar-refractivity contribution >= 4 is 29.1 Å². The summed E-state index contributed by atoms with van der Waals surface area (Å²) >= 11 is 11.8. The summed E-state index contributed by atoms with van der Waals surface area (Å²) in [6.07, 6.45) is 5.00. The van der Waals surface area contributed by atoms with Gasteiger partial charge in [-0.25, -0.2) is 4.98 Å². The van der Waals surface area contributed by atoms with E-state index in [0.717, 1.165) is 25.6 Å². The molecule has 4 nitrogen and oxygen atoms in total. The van der Waals surface area contributed by atoms with Crippen molar-refractivity contribution in [3.8, 4) is 0 Å². The van der Waals surface area contributed by atoms with Crippen LogP contribution in [0.4, 0.5) is 0 Å². The molecule has 2 heterocycles. The normalized spacial score (nSPS) is 23.6. The third kappa shape index (κ3) is 3.02. The van der Waals surface area contributed by atoms with Gasteiger partial charge < -0.3 is 5.32 Å². The molecule has 1 atom stereocenters. The second kappa shape index (κ2) is 5.27. The van der Waals surface area contributed by atoms with Gasteiger partial charge in [0.2, 0.25) is 0 Å². The lowest BCUT2D eigenvalue weighted by atomic mass is 10.2. The lowest BCUT2D eigenvalue weighted by molar-refractivity contribution is 0.0937. The Hall–Kier alpha value is -0.840. The molecule has 0 spiro atoms. The minimum atomic E-state index is -0.169. The largest absolute Gasteiger partial charge is 0.348 e. The van der Waals surface area contributed by atoms with E-state index < -0.39 is 0 Å². The summed E-state index contributed by atoms with van der Waals surface area (Å²) in [6, 6.07) is 2.46. The number of rotatable bonds is 3. The minimum absolute atomic E-state index is 0.169.